The van der Waals surface area contributed by atoms with Gasteiger partial charge in [-0.25, -0.2) is 9.59 Å². The number of aryl methyl sites for hydroxylation is 1. The standard InChI is InChI=1S/C22H21ClN6O3S/c1-3-32-20(30)18-16(24-21(31)25-19(18)14-8-10-15(23)11-9-14)12-33-22-26-27-28-29(22)17-7-5-4-6-13(17)2/h4-11,19H,3,12H2,1-2H3,(H2,24,25,31). The molecular formula is C22H21ClN6O3S. The third kappa shape index (κ3) is 5.01. The molecule has 0 saturated carbocycles. The Labute approximate surface area is 199 Å². The summed E-state index contributed by atoms with van der Waals surface area (Å²) < 4.78 is 6.93. The number of nitrogens with one attached hydrogen (secondary N) is 2. The second-order valence-electron chi connectivity index (χ2n) is 7.14. The summed E-state index contributed by atoms with van der Waals surface area (Å²) in [7, 11) is 0. The van der Waals surface area contributed by atoms with Gasteiger partial charge in [-0.1, -0.05) is 53.7 Å². The number of benzene rings is 2. The summed E-state index contributed by atoms with van der Waals surface area (Å²) >= 11 is 7.31. The minimum absolute atomic E-state index is 0.204. The van der Waals surface area contributed by atoms with Crippen LogP contribution in [0.3, 0.4) is 0 Å². The molecule has 9 nitrogen and oxygen atoms in total. The molecule has 0 spiro atoms. The number of hydrogen-bond acceptors (Lipinski definition) is 7. The Kier molecular flexibility index (Phi) is 6.95. The van der Waals surface area contributed by atoms with Crippen molar-refractivity contribution in [2.24, 2.45) is 0 Å². The van der Waals surface area contributed by atoms with Crippen LogP contribution in [-0.4, -0.2) is 44.6 Å². The molecule has 0 fully saturated rings. The molecule has 3 aromatic rings. The third-order valence-electron chi connectivity index (χ3n) is 4.98. The van der Waals surface area contributed by atoms with Crippen LogP contribution >= 0.6 is 23.4 Å². The number of tetrazole rings is 1. The lowest BCUT2D eigenvalue weighted by Crippen LogP contribution is -2.46. The fourth-order valence-electron chi connectivity index (χ4n) is 3.44. The van der Waals surface area contributed by atoms with Gasteiger partial charge < -0.3 is 15.4 Å². The van der Waals surface area contributed by atoms with E-state index in [0.29, 0.717) is 27.0 Å². The largest absolute Gasteiger partial charge is 0.463 e. The minimum Gasteiger partial charge on any atom is -0.463 e. The number of carbonyl (C=O) groups is 2. The van der Waals surface area contributed by atoms with Gasteiger partial charge in [-0.2, -0.15) is 4.68 Å². The Morgan fingerprint density at radius 1 is 1.21 bits per heavy atom. The summed E-state index contributed by atoms with van der Waals surface area (Å²) in [5.41, 5.74) is 3.32. The first kappa shape index (κ1) is 22.8. The summed E-state index contributed by atoms with van der Waals surface area (Å²) in [5.74, 6) is -0.267. The summed E-state index contributed by atoms with van der Waals surface area (Å²) in [5, 5.41) is 18.6. The van der Waals surface area contributed by atoms with Crippen molar-refractivity contribution in [3.63, 3.8) is 0 Å². The molecule has 2 heterocycles. The smallest absolute Gasteiger partial charge is 0.338 e. The van der Waals surface area contributed by atoms with Gasteiger partial charge >= 0.3 is 12.0 Å². The van der Waals surface area contributed by atoms with E-state index in [4.69, 9.17) is 16.3 Å². The molecule has 170 valence electrons. The van der Waals surface area contributed by atoms with Crippen LogP contribution < -0.4 is 10.6 Å². The van der Waals surface area contributed by atoms with Gasteiger partial charge in [0.15, 0.2) is 0 Å². The highest BCUT2D eigenvalue weighted by Gasteiger charge is 2.34. The Morgan fingerprint density at radius 3 is 2.70 bits per heavy atom. The van der Waals surface area contributed by atoms with Crippen LogP contribution in [0.1, 0.15) is 24.1 Å². The van der Waals surface area contributed by atoms with Gasteiger partial charge in [-0.05, 0) is 53.6 Å². The molecule has 0 radical (unpaired) electrons. The van der Waals surface area contributed by atoms with Crippen LogP contribution in [0.15, 0.2) is 65.0 Å². The van der Waals surface area contributed by atoms with Crippen molar-refractivity contribution in [2.75, 3.05) is 12.4 Å². The lowest BCUT2D eigenvalue weighted by atomic mass is 9.95. The van der Waals surface area contributed by atoms with Crippen molar-refractivity contribution in [3.8, 4) is 5.69 Å². The van der Waals surface area contributed by atoms with E-state index in [9.17, 15) is 9.59 Å². The van der Waals surface area contributed by atoms with E-state index in [2.05, 4.69) is 26.2 Å². The van der Waals surface area contributed by atoms with Gasteiger partial charge in [0.25, 0.3) is 0 Å². The summed E-state index contributed by atoms with van der Waals surface area (Å²) in [6.45, 7) is 3.90. The lowest BCUT2D eigenvalue weighted by molar-refractivity contribution is -0.139. The molecule has 0 saturated heterocycles. The van der Waals surface area contributed by atoms with Gasteiger partial charge in [0.2, 0.25) is 5.16 Å². The van der Waals surface area contributed by atoms with E-state index in [0.717, 1.165) is 11.3 Å². The number of para-hydroxylation sites is 1. The fraction of sp³-hybridized carbons (Fsp3) is 0.227. The van der Waals surface area contributed by atoms with E-state index in [1.165, 1.54) is 11.8 Å². The zero-order chi connectivity index (χ0) is 23.4. The highest BCUT2D eigenvalue weighted by molar-refractivity contribution is 7.99. The molecule has 2 aromatic carbocycles. The zero-order valence-corrected chi connectivity index (χ0v) is 19.5. The lowest BCUT2D eigenvalue weighted by Gasteiger charge is -2.29. The maximum atomic E-state index is 12.9. The third-order valence-corrected chi connectivity index (χ3v) is 6.18. The number of carbonyl (C=O) groups excluding carboxylic acids is 2. The highest BCUT2D eigenvalue weighted by atomic mass is 35.5. The Bertz CT molecular complexity index is 1210. The van der Waals surface area contributed by atoms with Crippen LogP contribution in [0.5, 0.6) is 0 Å². The molecular weight excluding hydrogens is 464 g/mol. The number of halogens is 1. The predicted molar refractivity (Wildman–Crippen MR) is 124 cm³/mol. The van der Waals surface area contributed by atoms with E-state index in [-0.39, 0.29) is 12.4 Å². The normalized spacial score (nSPS) is 15.7. The van der Waals surface area contributed by atoms with Crippen molar-refractivity contribution in [3.05, 3.63) is 76.0 Å². The molecule has 0 bridgehead atoms. The number of hydrogen-bond donors (Lipinski definition) is 2. The van der Waals surface area contributed by atoms with Crippen molar-refractivity contribution in [1.82, 2.24) is 30.8 Å². The molecule has 1 atom stereocenters. The number of urea groups is 1. The molecule has 1 aliphatic rings. The first-order chi connectivity index (χ1) is 16.0. The first-order valence-electron chi connectivity index (χ1n) is 10.2. The van der Waals surface area contributed by atoms with Crippen LogP contribution in [0.2, 0.25) is 5.02 Å². The van der Waals surface area contributed by atoms with Crippen LogP contribution in [0, 0.1) is 6.92 Å². The second kappa shape index (κ2) is 10.1. The van der Waals surface area contributed by atoms with E-state index < -0.39 is 18.0 Å². The average Bonchev–Trinajstić information content (AvgIpc) is 3.26. The van der Waals surface area contributed by atoms with E-state index in [1.54, 1.807) is 35.9 Å². The summed E-state index contributed by atoms with van der Waals surface area (Å²) in [6, 6.07) is 13.6. The van der Waals surface area contributed by atoms with Crippen molar-refractivity contribution < 1.29 is 14.3 Å². The summed E-state index contributed by atoms with van der Waals surface area (Å²) in [4.78, 5) is 25.4. The number of thioether (sulfide) groups is 1. The Hall–Kier alpha value is -3.37. The molecule has 4 rings (SSSR count). The van der Waals surface area contributed by atoms with E-state index >= 15 is 0 Å². The van der Waals surface area contributed by atoms with Crippen molar-refractivity contribution in [2.45, 2.75) is 25.0 Å². The first-order valence-corrected chi connectivity index (χ1v) is 11.5. The van der Waals surface area contributed by atoms with Gasteiger partial charge in [0.1, 0.15) is 0 Å². The molecule has 1 unspecified atom stereocenters. The molecule has 0 aliphatic carbocycles. The topological polar surface area (TPSA) is 111 Å². The molecule has 2 amide bonds. The second-order valence-corrected chi connectivity index (χ2v) is 8.52. The van der Waals surface area contributed by atoms with Gasteiger partial charge in [0.05, 0.1) is 23.9 Å². The van der Waals surface area contributed by atoms with Gasteiger partial charge in [0, 0.05) is 16.5 Å². The number of aromatic nitrogens is 4. The SMILES string of the molecule is CCOC(=O)C1=C(CSc2nnnn2-c2ccccc2C)NC(=O)NC1c1ccc(Cl)cc1. The number of ether oxygens (including phenoxy) is 1. The Morgan fingerprint density at radius 2 is 1.97 bits per heavy atom. The van der Waals surface area contributed by atoms with Gasteiger partial charge in [-0.3, -0.25) is 0 Å². The number of rotatable bonds is 7. The average molecular weight is 485 g/mol. The predicted octanol–water partition coefficient (Wildman–Crippen LogP) is 3.59. The number of esters is 1. The minimum atomic E-state index is -0.682. The number of nitrogens with zero attached hydrogens (tertiary/aromatic N) is 4. The zero-order valence-electron chi connectivity index (χ0n) is 17.9. The maximum absolute atomic E-state index is 12.9. The van der Waals surface area contributed by atoms with Crippen LogP contribution in [-0.2, 0) is 9.53 Å². The van der Waals surface area contributed by atoms with Gasteiger partial charge in [-0.15, -0.1) is 5.10 Å². The Balaban J connectivity index is 1.68. The summed E-state index contributed by atoms with van der Waals surface area (Å²) in [6.07, 6.45) is 0. The monoisotopic (exact) mass is 484 g/mol. The van der Waals surface area contributed by atoms with E-state index in [1.807, 2.05) is 31.2 Å². The highest BCUT2D eigenvalue weighted by Crippen LogP contribution is 2.31. The van der Waals surface area contributed by atoms with Crippen LogP contribution in [0.4, 0.5) is 4.79 Å². The molecule has 11 heteroatoms. The van der Waals surface area contributed by atoms with Crippen LogP contribution in [0.25, 0.3) is 5.69 Å². The number of amides is 2. The van der Waals surface area contributed by atoms with Crippen molar-refractivity contribution >= 4 is 35.4 Å². The maximum Gasteiger partial charge on any atom is 0.338 e. The molecule has 2 N–H and O–H groups in total. The molecule has 33 heavy (non-hydrogen) atoms. The van der Waals surface area contributed by atoms with Crippen molar-refractivity contribution in [1.29, 1.82) is 0 Å². The molecule has 1 aromatic heterocycles. The fourth-order valence-corrected chi connectivity index (χ4v) is 4.42. The molecule has 1 aliphatic heterocycles. The quantitative estimate of drug-likeness (QED) is 0.389.